The zero-order valence-corrected chi connectivity index (χ0v) is 64.6. The van der Waals surface area contributed by atoms with Crippen molar-refractivity contribution in [2.24, 2.45) is 46.3 Å². The van der Waals surface area contributed by atoms with E-state index in [1.807, 2.05) is 178 Å². The third kappa shape index (κ3) is 18.5. The molecule has 580 valence electrons. The van der Waals surface area contributed by atoms with Gasteiger partial charge < -0.3 is 58.0 Å². The monoisotopic (exact) mass is 1500 g/mol. The first kappa shape index (κ1) is 78.5. The number of hydrogen-bond donors (Lipinski definition) is 2. The van der Waals surface area contributed by atoms with Gasteiger partial charge in [-0.15, -0.1) is 0 Å². The summed E-state index contributed by atoms with van der Waals surface area (Å²) in [5, 5.41) is 12.4. The predicted octanol–water partition coefficient (Wildman–Crippen LogP) is 17.9. The lowest BCUT2D eigenvalue weighted by Crippen LogP contribution is -2.30. The zero-order chi connectivity index (χ0) is 77.7. The van der Waals surface area contributed by atoms with Gasteiger partial charge in [0.25, 0.3) is 0 Å². The van der Waals surface area contributed by atoms with Crippen molar-refractivity contribution >= 4 is 102 Å². The number of esters is 6. The van der Waals surface area contributed by atoms with Crippen molar-refractivity contribution in [2.75, 3.05) is 10.6 Å². The third-order valence-electron chi connectivity index (χ3n) is 23.6. The summed E-state index contributed by atoms with van der Waals surface area (Å²) in [6, 6.07) is 44.3. The molecule has 0 radical (unpaired) electrons. The third-order valence-corrected chi connectivity index (χ3v) is 23.6. The fourth-order valence-electron chi connectivity index (χ4n) is 14.7. The predicted molar refractivity (Wildman–Crippen MR) is 418 cm³/mol. The average Bonchev–Trinajstić information content (AvgIpc) is 1.52. The molecule has 2 N–H and O–H groups in total. The van der Waals surface area contributed by atoms with Crippen LogP contribution in [0.1, 0.15) is 172 Å². The summed E-state index contributed by atoms with van der Waals surface area (Å²) in [4.78, 5) is 100. The number of carbonyl (C=O) groups is 8. The maximum atomic E-state index is 12.7. The van der Waals surface area contributed by atoms with Gasteiger partial charge in [0, 0.05) is 65.8 Å². The number of hydrogen-bond acceptors (Lipinski definition) is 18. The molecular formula is C90H102N2O18. The van der Waals surface area contributed by atoms with Gasteiger partial charge in [0.05, 0.1) is 83.8 Å². The number of rotatable bonds is 20. The molecule has 4 saturated heterocycles. The molecule has 8 aromatic rings. The SMILES string of the molecule is CCC(C)(C)C(=O)Nc1cccc2c(OC(=O)C3CCC4OC4C3)cccc12.CCC(C)(C)C(=O)Oc1cccc2c(OC(=O)C3CCC4OC4C3)cccc12.CCC(C)C(=O)Nc1cccc2c(OC(=O)C3CCC4OC4C3)cccc12.CCC(C)C(=O)Oc1cccc2c(OC(=O)C3CCC4OC4C3)cccc12. The minimum absolute atomic E-state index is 0.00593. The van der Waals surface area contributed by atoms with Crippen LogP contribution in [0.25, 0.3) is 43.1 Å². The molecule has 110 heavy (non-hydrogen) atoms. The molecule has 20 heteroatoms. The number of nitrogens with one attached hydrogen (secondary N) is 2. The summed E-state index contributed by atoms with van der Waals surface area (Å²) in [5.74, 6) is 1.01. The Morgan fingerprint density at radius 2 is 0.627 bits per heavy atom. The van der Waals surface area contributed by atoms with Crippen molar-refractivity contribution in [3.8, 4) is 34.5 Å². The summed E-state index contributed by atoms with van der Waals surface area (Å²) < 4.78 is 56.3. The van der Waals surface area contributed by atoms with Crippen LogP contribution in [0.3, 0.4) is 0 Å². The standard InChI is InChI=1S/C23H27NO4.C23H26O5.C22H25NO4.C22H24O5/c1-4-23(2,3)22(26)24-17-9-5-8-16-15(17)7-6-10-18(16)28-21(25)14-11-12-19-20(13-14)27-19;1-4-23(2,3)22(25)28-18-10-6-7-15-16(18)8-5-9-17(15)27-21(24)14-11-12-19-20(13-14)26-19;1-3-13(2)21(24)23-17-8-4-7-16-15(17)6-5-9-18(16)27-22(25)14-10-11-19-20(12-14)26-19;1-3-13(2)21(23)26-17-8-4-7-16-15(17)6-5-9-18(16)27-22(24)14-10-11-19-20(12-14)25-19/h5-10,14,19-20H,4,11-13H2,1-3H3,(H,24,26);5-10,14,19-20H,4,11-13H2,1-3H3;4-9,13-14,19-20H,3,10-12H2,1-2H3,(H,23,24);4-9,13-14,19-20H,3,10-12H2,1-2H3. The molecule has 4 heterocycles. The Morgan fingerprint density at radius 1 is 0.345 bits per heavy atom. The van der Waals surface area contributed by atoms with Crippen LogP contribution in [0, 0.1) is 46.3 Å². The minimum Gasteiger partial charge on any atom is -0.426 e. The van der Waals surface area contributed by atoms with E-state index in [1.54, 1.807) is 36.4 Å². The molecule has 0 aromatic heterocycles. The normalized spacial score (nSPS) is 24.2. The van der Waals surface area contributed by atoms with Crippen LogP contribution in [0.2, 0.25) is 0 Å². The van der Waals surface area contributed by atoms with Crippen molar-refractivity contribution in [3.05, 3.63) is 146 Å². The molecule has 20 nitrogen and oxygen atoms in total. The van der Waals surface area contributed by atoms with Crippen molar-refractivity contribution in [1.29, 1.82) is 0 Å². The maximum Gasteiger partial charge on any atom is 0.316 e. The van der Waals surface area contributed by atoms with E-state index in [1.165, 1.54) is 0 Å². The first-order valence-electron chi connectivity index (χ1n) is 39.5. The van der Waals surface area contributed by atoms with Gasteiger partial charge in [0.1, 0.15) is 34.5 Å². The molecule has 8 aromatic carbocycles. The van der Waals surface area contributed by atoms with Crippen molar-refractivity contribution in [1.82, 2.24) is 0 Å². The number of carbonyl (C=O) groups excluding carboxylic acids is 8. The van der Waals surface area contributed by atoms with Gasteiger partial charge in [-0.05, 0) is 165 Å². The molecule has 2 amide bonds. The van der Waals surface area contributed by atoms with E-state index >= 15 is 0 Å². The molecule has 4 aliphatic carbocycles. The van der Waals surface area contributed by atoms with E-state index in [0.717, 1.165) is 151 Å². The van der Waals surface area contributed by atoms with Crippen molar-refractivity contribution in [3.63, 3.8) is 0 Å². The summed E-state index contributed by atoms with van der Waals surface area (Å²) in [6.45, 7) is 19.3. The number of amides is 2. The Bertz CT molecular complexity index is 4480. The molecule has 4 aliphatic heterocycles. The second-order valence-electron chi connectivity index (χ2n) is 32.0. The van der Waals surface area contributed by atoms with Gasteiger partial charge in [0.15, 0.2) is 0 Å². The molecule has 0 bridgehead atoms. The highest BCUT2D eigenvalue weighted by Crippen LogP contribution is 2.46. The van der Waals surface area contributed by atoms with Crippen LogP contribution >= 0.6 is 0 Å². The smallest absolute Gasteiger partial charge is 0.316 e. The summed E-state index contributed by atoms with van der Waals surface area (Å²) in [7, 11) is 0. The minimum atomic E-state index is -0.560. The lowest BCUT2D eigenvalue weighted by molar-refractivity contribution is -0.144. The molecule has 4 saturated carbocycles. The summed E-state index contributed by atoms with van der Waals surface area (Å²) in [6.07, 6.45) is 15.3. The van der Waals surface area contributed by atoms with Crippen LogP contribution in [-0.4, -0.2) is 96.5 Å². The molecule has 0 spiro atoms. The Balaban J connectivity index is 0.000000129. The first-order chi connectivity index (χ1) is 52.9. The van der Waals surface area contributed by atoms with E-state index in [2.05, 4.69) is 10.6 Å². The topological polar surface area (TPSA) is 266 Å². The average molecular weight is 1500 g/mol. The highest BCUT2D eigenvalue weighted by Gasteiger charge is 2.49. The Morgan fingerprint density at radius 3 is 0.936 bits per heavy atom. The van der Waals surface area contributed by atoms with Gasteiger partial charge in [-0.1, -0.05) is 152 Å². The lowest BCUT2D eigenvalue weighted by Gasteiger charge is -2.22. The van der Waals surface area contributed by atoms with Gasteiger partial charge >= 0.3 is 35.8 Å². The molecular weight excluding hydrogens is 1400 g/mol. The molecule has 14 atom stereocenters. The number of benzene rings is 8. The second-order valence-corrected chi connectivity index (χ2v) is 32.0. The summed E-state index contributed by atoms with van der Waals surface area (Å²) in [5.41, 5.74) is 0.461. The fraction of sp³-hybridized carbons (Fsp3) is 0.467. The van der Waals surface area contributed by atoms with Gasteiger partial charge in [-0.2, -0.15) is 0 Å². The number of fused-ring (bicyclic) bond motifs is 8. The number of ether oxygens (including phenoxy) is 10. The van der Waals surface area contributed by atoms with Crippen LogP contribution < -0.4 is 39.1 Å². The largest absolute Gasteiger partial charge is 0.426 e. The molecule has 8 fully saturated rings. The lowest BCUT2D eigenvalue weighted by atomic mass is 9.89. The highest BCUT2D eigenvalue weighted by atomic mass is 16.6. The highest BCUT2D eigenvalue weighted by molar-refractivity contribution is 6.07. The van der Waals surface area contributed by atoms with E-state index in [-0.39, 0.29) is 108 Å². The van der Waals surface area contributed by atoms with Crippen LogP contribution in [0.4, 0.5) is 11.4 Å². The van der Waals surface area contributed by atoms with Gasteiger partial charge in [0.2, 0.25) is 11.8 Å². The van der Waals surface area contributed by atoms with E-state index < -0.39 is 10.8 Å². The Labute approximate surface area is 642 Å². The van der Waals surface area contributed by atoms with Crippen LogP contribution in [0.15, 0.2) is 146 Å². The quantitative estimate of drug-likeness (QED) is 0.0408. The zero-order valence-electron chi connectivity index (χ0n) is 64.6. The van der Waals surface area contributed by atoms with E-state index in [9.17, 15) is 38.4 Å². The molecule has 16 rings (SSSR count). The maximum absolute atomic E-state index is 12.7. The van der Waals surface area contributed by atoms with Gasteiger partial charge in [-0.25, -0.2) is 0 Å². The molecule has 8 aliphatic rings. The Hall–Kier alpha value is -9.60. The fourth-order valence-corrected chi connectivity index (χ4v) is 14.7. The van der Waals surface area contributed by atoms with Gasteiger partial charge in [-0.3, -0.25) is 38.4 Å². The van der Waals surface area contributed by atoms with E-state index in [0.29, 0.717) is 65.3 Å². The Kier molecular flexibility index (Phi) is 24.2. The second kappa shape index (κ2) is 33.9. The number of epoxide rings is 4. The van der Waals surface area contributed by atoms with E-state index in [4.69, 9.17) is 47.4 Å². The number of anilines is 2. The van der Waals surface area contributed by atoms with Crippen LogP contribution in [0.5, 0.6) is 34.5 Å². The van der Waals surface area contributed by atoms with Crippen molar-refractivity contribution < 1.29 is 85.7 Å². The first-order valence-corrected chi connectivity index (χ1v) is 39.5. The molecule has 14 unspecified atom stereocenters. The van der Waals surface area contributed by atoms with Crippen LogP contribution in [-0.2, 0) is 57.3 Å². The summed E-state index contributed by atoms with van der Waals surface area (Å²) >= 11 is 0. The van der Waals surface area contributed by atoms with Crippen molar-refractivity contribution in [2.45, 2.75) is 221 Å².